The summed E-state index contributed by atoms with van der Waals surface area (Å²) < 4.78 is 1.82. The van der Waals surface area contributed by atoms with Crippen molar-refractivity contribution in [2.45, 2.75) is 20.4 Å². The molecule has 4 aromatic rings. The van der Waals surface area contributed by atoms with Gasteiger partial charge in [-0.3, -0.25) is 10.1 Å². The first-order valence-corrected chi connectivity index (χ1v) is 9.27. The Labute approximate surface area is 151 Å². The zero-order valence-electron chi connectivity index (χ0n) is 13.6. The number of hydrogen-bond acceptors (Lipinski definition) is 7. The number of aromatic nitrogens is 5. The number of rotatable bonds is 4. The van der Waals surface area contributed by atoms with Crippen LogP contribution in [0.3, 0.4) is 0 Å². The van der Waals surface area contributed by atoms with Gasteiger partial charge in [0.1, 0.15) is 5.01 Å². The number of nitrogens with one attached hydrogen (secondary N) is 1. The third kappa shape index (κ3) is 3.15. The lowest BCUT2D eigenvalue weighted by Gasteiger charge is -2.06. The summed E-state index contributed by atoms with van der Waals surface area (Å²) in [6.45, 7) is 4.35. The van der Waals surface area contributed by atoms with Crippen molar-refractivity contribution in [3.63, 3.8) is 0 Å². The molecule has 1 amide bonds. The van der Waals surface area contributed by atoms with Crippen molar-refractivity contribution in [1.29, 1.82) is 0 Å². The summed E-state index contributed by atoms with van der Waals surface area (Å²) in [5.74, 6) is -0.234. The lowest BCUT2D eigenvalue weighted by molar-refractivity contribution is 0.102. The number of aryl methyl sites for hydroxylation is 2. The van der Waals surface area contributed by atoms with E-state index in [2.05, 4.69) is 31.7 Å². The van der Waals surface area contributed by atoms with Gasteiger partial charge in [0.25, 0.3) is 5.91 Å². The number of pyridine rings is 1. The molecule has 0 aromatic carbocycles. The van der Waals surface area contributed by atoms with Crippen LogP contribution in [0.1, 0.15) is 25.9 Å². The average Bonchev–Trinajstić information content (AvgIpc) is 3.30. The molecule has 4 heterocycles. The molecule has 0 unspecified atom stereocenters. The highest BCUT2D eigenvalue weighted by molar-refractivity contribution is 7.15. The molecule has 0 radical (unpaired) electrons. The van der Waals surface area contributed by atoms with Gasteiger partial charge in [-0.25, -0.2) is 9.67 Å². The lowest BCUT2D eigenvalue weighted by Crippen LogP contribution is -2.13. The Bertz CT molecular complexity index is 1050. The Balaban J connectivity index is 1.71. The van der Waals surface area contributed by atoms with E-state index in [0.29, 0.717) is 22.9 Å². The van der Waals surface area contributed by atoms with Gasteiger partial charge in [0, 0.05) is 10.6 Å². The van der Waals surface area contributed by atoms with Crippen molar-refractivity contribution in [3.8, 4) is 0 Å². The Morgan fingerprint density at radius 1 is 1.32 bits per heavy atom. The average molecular weight is 370 g/mol. The number of amides is 1. The van der Waals surface area contributed by atoms with Crippen LogP contribution in [0.15, 0.2) is 29.8 Å². The van der Waals surface area contributed by atoms with Crippen LogP contribution in [0.25, 0.3) is 11.0 Å². The molecule has 0 aliphatic rings. The molecule has 1 N–H and O–H groups in total. The van der Waals surface area contributed by atoms with Crippen LogP contribution >= 0.6 is 22.7 Å². The molecular weight excluding hydrogens is 356 g/mol. The van der Waals surface area contributed by atoms with Crippen molar-refractivity contribution < 1.29 is 4.79 Å². The Morgan fingerprint density at radius 3 is 2.92 bits per heavy atom. The summed E-state index contributed by atoms with van der Waals surface area (Å²) in [5.41, 5.74) is 2.00. The van der Waals surface area contributed by atoms with Crippen LogP contribution in [0.4, 0.5) is 5.13 Å². The molecule has 126 valence electrons. The fourth-order valence-electron chi connectivity index (χ4n) is 2.54. The van der Waals surface area contributed by atoms with Gasteiger partial charge >= 0.3 is 0 Å². The Hall–Kier alpha value is -2.65. The maximum atomic E-state index is 12.7. The van der Waals surface area contributed by atoms with Crippen LogP contribution in [0.5, 0.6) is 0 Å². The highest BCUT2D eigenvalue weighted by Crippen LogP contribution is 2.22. The van der Waals surface area contributed by atoms with Crippen molar-refractivity contribution in [2.24, 2.45) is 0 Å². The van der Waals surface area contributed by atoms with E-state index in [1.54, 1.807) is 23.6 Å². The summed E-state index contributed by atoms with van der Waals surface area (Å²) in [6, 6.07) is 5.83. The molecule has 25 heavy (non-hydrogen) atoms. The Kier molecular flexibility index (Phi) is 4.02. The molecule has 4 rings (SSSR count). The first-order chi connectivity index (χ1) is 12.1. The highest BCUT2D eigenvalue weighted by atomic mass is 32.1. The normalized spacial score (nSPS) is 11.1. The molecule has 0 spiro atoms. The van der Waals surface area contributed by atoms with Gasteiger partial charge in [-0.1, -0.05) is 17.4 Å². The number of thiophene rings is 1. The Morgan fingerprint density at radius 2 is 2.20 bits per heavy atom. The summed E-state index contributed by atoms with van der Waals surface area (Å²) in [7, 11) is 0. The number of hydrogen-bond donors (Lipinski definition) is 1. The maximum Gasteiger partial charge on any atom is 0.258 e. The van der Waals surface area contributed by atoms with E-state index in [1.807, 2.05) is 30.0 Å². The molecule has 0 atom stereocenters. The second-order valence-electron chi connectivity index (χ2n) is 5.51. The highest BCUT2D eigenvalue weighted by Gasteiger charge is 2.17. The van der Waals surface area contributed by atoms with E-state index in [4.69, 9.17) is 0 Å². The predicted octanol–water partition coefficient (Wildman–Crippen LogP) is 3.26. The third-order valence-electron chi connectivity index (χ3n) is 3.61. The zero-order chi connectivity index (χ0) is 17.4. The first kappa shape index (κ1) is 15.9. The van der Waals surface area contributed by atoms with Crippen molar-refractivity contribution >= 4 is 44.7 Å². The standard InChI is InChI=1S/C16H14N6OS2/c1-9-6-12(15(23)19-16-21-20-10(2)25-16)13-7-17-22(14(13)18-9)8-11-4-3-5-24-11/h3-7H,8H2,1-2H3,(H,19,21,23). The molecule has 0 aliphatic heterocycles. The van der Waals surface area contributed by atoms with Gasteiger partial charge in [0.2, 0.25) is 5.13 Å². The second-order valence-corrected chi connectivity index (χ2v) is 7.72. The molecule has 0 bridgehead atoms. The fraction of sp³-hybridized carbons (Fsp3) is 0.188. The van der Waals surface area contributed by atoms with E-state index in [-0.39, 0.29) is 5.91 Å². The quantitative estimate of drug-likeness (QED) is 0.596. The van der Waals surface area contributed by atoms with Gasteiger partial charge in [0.15, 0.2) is 5.65 Å². The molecular formula is C16H14N6OS2. The predicted molar refractivity (Wildman–Crippen MR) is 98.3 cm³/mol. The summed E-state index contributed by atoms with van der Waals surface area (Å²) in [6.07, 6.45) is 1.69. The SMILES string of the molecule is Cc1cc(C(=O)Nc2nnc(C)s2)c2cnn(Cc3cccs3)c2n1. The van der Waals surface area contributed by atoms with Crippen LogP contribution in [-0.4, -0.2) is 30.9 Å². The molecule has 0 aliphatic carbocycles. The van der Waals surface area contributed by atoms with Gasteiger partial charge in [-0.15, -0.1) is 21.5 Å². The van der Waals surface area contributed by atoms with Crippen LogP contribution in [0, 0.1) is 13.8 Å². The van der Waals surface area contributed by atoms with Crippen LogP contribution < -0.4 is 5.32 Å². The van der Waals surface area contributed by atoms with Crippen molar-refractivity contribution in [2.75, 3.05) is 5.32 Å². The summed E-state index contributed by atoms with van der Waals surface area (Å²) >= 11 is 3.01. The minimum Gasteiger partial charge on any atom is -0.296 e. The van der Waals surface area contributed by atoms with Crippen molar-refractivity contribution in [1.82, 2.24) is 25.0 Å². The monoisotopic (exact) mass is 370 g/mol. The van der Waals surface area contributed by atoms with Gasteiger partial charge in [-0.05, 0) is 31.4 Å². The molecule has 0 fully saturated rings. The van der Waals surface area contributed by atoms with Crippen molar-refractivity contribution in [3.05, 3.63) is 50.9 Å². The minimum atomic E-state index is -0.234. The largest absolute Gasteiger partial charge is 0.296 e. The number of carbonyl (C=O) groups excluding carboxylic acids is 1. The van der Waals surface area contributed by atoms with E-state index < -0.39 is 0 Å². The van der Waals surface area contributed by atoms with Gasteiger partial charge in [-0.2, -0.15) is 5.10 Å². The van der Waals surface area contributed by atoms with Gasteiger partial charge < -0.3 is 0 Å². The maximum absolute atomic E-state index is 12.7. The number of carbonyl (C=O) groups is 1. The van der Waals surface area contributed by atoms with E-state index in [9.17, 15) is 4.79 Å². The van der Waals surface area contributed by atoms with E-state index in [1.165, 1.54) is 16.2 Å². The first-order valence-electron chi connectivity index (χ1n) is 7.57. The van der Waals surface area contributed by atoms with E-state index >= 15 is 0 Å². The topological polar surface area (TPSA) is 85.6 Å². The summed E-state index contributed by atoms with van der Waals surface area (Å²) in [5, 5.41) is 19.1. The molecule has 0 saturated carbocycles. The summed E-state index contributed by atoms with van der Waals surface area (Å²) in [4.78, 5) is 18.4. The smallest absolute Gasteiger partial charge is 0.258 e. The third-order valence-corrected chi connectivity index (χ3v) is 5.23. The number of fused-ring (bicyclic) bond motifs is 1. The number of nitrogens with zero attached hydrogens (tertiary/aromatic N) is 5. The lowest BCUT2D eigenvalue weighted by atomic mass is 10.1. The minimum absolute atomic E-state index is 0.234. The van der Waals surface area contributed by atoms with Gasteiger partial charge in [0.05, 0.1) is 23.7 Å². The molecule has 0 saturated heterocycles. The molecule has 4 aromatic heterocycles. The van der Waals surface area contributed by atoms with Crippen LogP contribution in [-0.2, 0) is 6.54 Å². The molecule has 9 heteroatoms. The number of anilines is 1. The van der Waals surface area contributed by atoms with Crippen LogP contribution in [0.2, 0.25) is 0 Å². The molecule has 7 nitrogen and oxygen atoms in total. The fourth-order valence-corrected chi connectivity index (χ4v) is 3.81. The zero-order valence-corrected chi connectivity index (χ0v) is 15.2. The second kappa shape index (κ2) is 6.34. The van der Waals surface area contributed by atoms with E-state index in [0.717, 1.165) is 16.1 Å².